The summed E-state index contributed by atoms with van der Waals surface area (Å²) in [5.74, 6) is 8.19. The number of aromatic nitrogens is 3. The monoisotopic (exact) mass is 480 g/mol. The first-order valence-corrected chi connectivity index (χ1v) is 13.5. The van der Waals surface area contributed by atoms with Gasteiger partial charge in [0.05, 0.1) is 23.9 Å². The molecule has 2 aromatic rings. The van der Waals surface area contributed by atoms with Crippen LogP contribution < -0.4 is 10.6 Å². The Balaban J connectivity index is 1.28. The summed E-state index contributed by atoms with van der Waals surface area (Å²) in [5, 5.41) is 8.76. The second kappa shape index (κ2) is 9.67. The third-order valence-electron chi connectivity index (χ3n) is 5.80. The molecular weight excluding hydrogens is 452 g/mol. The maximum Gasteiger partial charge on any atom is 0.233 e. The largest absolute Gasteiger partial charge is 0.494 e. The molecule has 0 saturated carbocycles. The van der Waals surface area contributed by atoms with Crippen molar-refractivity contribution in [2.24, 2.45) is 0 Å². The normalized spacial score (nSPS) is 21.0. The Bertz CT molecular complexity index is 1050. The van der Waals surface area contributed by atoms with Gasteiger partial charge in [-0.05, 0) is 37.6 Å². The molecule has 2 N–H and O–H groups in total. The van der Waals surface area contributed by atoms with E-state index in [2.05, 4.69) is 15.1 Å². The van der Waals surface area contributed by atoms with Crippen molar-refractivity contribution in [3.8, 4) is 17.1 Å². The fourth-order valence-corrected chi connectivity index (χ4v) is 6.58. The van der Waals surface area contributed by atoms with Crippen LogP contribution in [0.15, 0.2) is 29.4 Å². The Morgan fingerprint density at radius 2 is 1.91 bits per heavy atom. The molecule has 0 spiro atoms. The zero-order chi connectivity index (χ0) is 22.7. The van der Waals surface area contributed by atoms with Crippen molar-refractivity contribution in [3.63, 3.8) is 0 Å². The minimum atomic E-state index is -2.90. The lowest BCUT2D eigenvalue weighted by atomic mass is 10.2. The summed E-state index contributed by atoms with van der Waals surface area (Å²) in [7, 11) is -2.90. The lowest BCUT2D eigenvalue weighted by Crippen LogP contribution is -2.52. The van der Waals surface area contributed by atoms with Gasteiger partial charge in [0.25, 0.3) is 0 Å². The quantitative estimate of drug-likeness (QED) is 0.445. The van der Waals surface area contributed by atoms with E-state index in [-0.39, 0.29) is 29.2 Å². The number of nitrogen functional groups attached to an aromatic ring is 1. The van der Waals surface area contributed by atoms with E-state index in [0.717, 1.165) is 11.3 Å². The highest BCUT2D eigenvalue weighted by molar-refractivity contribution is 7.99. The van der Waals surface area contributed by atoms with Crippen LogP contribution in [-0.4, -0.2) is 95.1 Å². The fraction of sp³-hybridized carbons (Fsp3) is 0.550. The number of nitrogens with two attached hydrogens (primary N) is 1. The Labute approximate surface area is 192 Å². The maximum absolute atomic E-state index is 12.7. The van der Waals surface area contributed by atoms with Gasteiger partial charge in [0.15, 0.2) is 15.7 Å². The van der Waals surface area contributed by atoms with Crippen LogP contribution in [-0.2, 0) is 14.6 Å². The summed E-state index contributed by atoms with van der Waals surface area (Å²) in [4.78, 5) is 16.7. The summed E-state index contributed by atoms with van der Waals surface area (Å²) in [6.45, 7) is 5.12. The topological polar surface area (TPSA) is 124 Å². The average molecular weight is 481 g/mol. The highest BCUT2D eigenvalue weighted by Crippen LogP contribution is 2.24. The molecule has 174 valence electrons. The molecule has 1 amide bonds. The molecule has 4 rings (SSSR count). The van der Waals surface area contributed by atoms with Crippen molar-refractivity contribution in [1.29, 1.82) is 0 Å². The van der Waals surface area contributed by atoms with Gasteiger partial charge in [-0.25, -0.2) is 13.1 Å². The number of ether oxygens (including phenoxy) is 1. The number of piperazine rings is 1. The van der Waals surface area contributed by atoms with Crippen LogP contribution in [0.25, 0.3) is 11.4 Å². The van der Waals surface area contributed by atoms with E-state index in [4.69, 9.17) is 10.6 Å². The number of carbonyl (C=O) groups is 1. The number of rotatable bonds is 7. The molecule has 3 heterocycles. The molecule has 1 atom stereocenters. The van der Waals surface area contributed by atoms with E-state index in [9.17, 15) is 13.2 Å². The van der Waals surface area contributed by atoms with Crippen LogP contribution >= 0.6 is 11.8 Å². The van der Waals surface area contributed by atoms with Crippen molar-refractivity contribution >= 4 is 27.5 Å². The van der Waals surface area contributed by atoms with Crippen LogP contribution in [0.1, 0.15) is 13.3 Å². The van der Waals surface area contributed by atoms with Crippen molar-refractivity contribution in [2.45, 2.75) is 24.5 Å². The Morgan fingerprint density at radius 1 is 1.19 bits per heavy atom. The molecule has 2 aliphatic heterocycles. The van der Waals surface area contributed by atoms with Gasteiger partial charge in [0.1, 0.15) is 5.75 Å². The van der Waals surface area contributed by atoms with Gasteiger partial charge in [0, 0.05) is 37.8 Å². The van der Waals surface area contributed by atoms with Crippen molar-refractivity contribution < 1.29 is 17.9 Å². The highest BCUT2D eigenvalue weighted by Gasteiger charge is 2.34. The summed E-state index contributed by atoms with van der Waals surface area (Å²) in [5.41, 5.74) is 0.812. The van der Waals surface area contributed by atoms with Gasteiger partial charge in [-0.3, -0.25) is 9.69 Å². The number of sulfone groups is 1. The minimum absolute atomic E-state index is 0.0133. The van der Waals surface area contributed by atoms with Crippen molar-refractivity contribution in [1.82, 2.24) is 24.7 Å². The fourth-order valence-electron chi connectivity index (χ4n) is 4.06. The molecule has 0 bridgehead atoms. The van der Waals surface area contributed by atoms with E-state index in [1.807, 2.05) is 36.1 Å². The molecular formula is C20H28N6O4S2. The van der Waals surface area contributed by atoms with Gasteiger partial charge in [-0.1, -0.05) is 11.8 Å². The van der Waals surface area contributed by atoms with Crippen LogP contribution in [0.5, 0.6) is 5.75 Å². The number of benzene rings is 1. The molecule has 32 heavy (non-hydrogen) atoms. The van der Waals surface area contributed by atoms with Crippen LogP contribution in [0.4, 0.5) is 0 Å². The summed E-state index contributed by atoms with van der Waals surface area (Å²) in [6.07, 6.45) is 0.689. The molecule has 10 nitrogen and oxygen atoms in total. The van der Waals surface area contributed by atoms with Crippen molar-refractivity contribution in [3.05, 3.63) is 24.3 Å². The van der Waals surface area contributed by atoms with E-state index >= 15 is 0 Å². The van der Waals surface area contributed by atoms with Gasteiger partial charge in [-0.2, -0.15) is 0 Å². The number of hydrogen-bond acceptors (Lipinski definition) is 9. The SMILES string of the molecule is CCOc1ccc(-c2nnc(SCC(=O)N3CCN([C@H]4CCS(=O)(=O)C4)CC3)n2N)cc1. The number of thioether (sulfide) groups is 1. The van der Waals surface area contributed by atoms with Gasteiger partial charge in [-0.15, -0.1) is 10.2 Å². The lowest BCUT2D eigenvalue weighted by molar-refractivity contribution is -0.130. The number of hydrogen-bond donors (Lipinski definition) is 1. The molecule has 1 aromatic carbocycles. The van der Waals surface area contributed by atoms with E-state index in [1.54, 1.807) is 0 Å². The molecule has 2 aliphatic rings. The highest BCUT2D eigenvalue weighted by atomic mass is 32.2. The summed E-state index contributed by atoms with van der Waals surface area (Å²) in [6, 6.07) is 7.53. The zero-order valence-corrected chi connectivity index (χ0v) is 19.6. The Hall–Kier alpha value is -2.31. The van der Waals surface area contributed by atoms with Crippen molar-refractivity contribution in [2.75, 3.05) is 55.9 Å². The van der Waals surface area contributed by atoms with E-state index in [1.165, 1.54) is 16.4 Å². The molecule has 2 fully saturated rings. The van der Waals surface area contributed by atoms with E-state index < -0.39 is 9.84 Å². The third-order valence-corrected chi connectivity index (χ3v) is 8.48. The number of nitrogens with zero attached hydrogens (tertiary/aromatic N) is 5. The van der Waals surface area contributed by atoms with E-state index in [0.29, 0.717) is 50.2 Å². The lowest BCUT2D eigenvalue weighted by Gasteiger charge is -2.37. The first-order chi connectivity index (χ1) is 15.4. The van der Waals surface area contributed by atoms with Crippen LogP contribution in [0.3, 0.4) is 0 Å². The van der Waals surface area contributed by atoms with Gasteiger partial charge >= 0.3 is 0 Å². The summed E-state index contributed by atoms with van der Waals surface area (Å²) >= 11 is 1.26. The van der Waals surface area contributed by atoms with Crippen LogP contribution in [0, 0.1) is 0 Å². The summed E-state index contributed by atoms with van der Waals surface area (Å²) < 4.78 is 30.3. The molecule has 12 heteroatoms. The number of amides is 1. The Kier molecular flexibility index (Phi) is 6.91. The second-order valence-corrected chi connectivity index (χ2v) is 11.1. The smallest absolute Gasteiger partial charge is 0.233 e. The standard InChI is InChI=1S/C20H28N6O4S2/c1-2-30-17-5-3-15(4-6-17)19-22-23-20(26(19)21)31-13-18(27)25-10-8-24(9-11-25)16-7-12-32(28,29)14-16/h3-6,16H,2,7-14,21H2,1H3/t16-/m0/s1. The molecule has 1 aromatic heterocycles. The average Bonchev–Trinajstić information content (AvgIpc) is 3.34. The Morgan fingerprint density at radius 3 is 2.53 bits per heavy atom. The first kappa shape index (κ1) is 22.9. The first-order valence-electron chi connectivity index (χ1n) is 10.6. The molecule has 0 aliphatic carbocycles. The molecule has 0 unspecified atom stereocenters. The zero-order valence-electron chi connectivity index (χ0n) is 18.0. The minimum Gasteiger partial charge on any atom is -0.494 e. The van der Waals surface area contributed by atoms with Crippen LogP contribution in [0.2, 0.25) is 0 Å². The second-order valence-electron chi connectivity index (χ2n) is 7.90. The third kappa shape index (κ3) is 5.18. The molecule has 0 radical (unpaired) electrons. The predicted molar refractivity (Wildman–Crippen MR) is 123 cm³/mol. The van der Waals surface area contributed by atoms with Gasteiger partial charge in [0.2, 0.25) is 11.1 Å². The predicted octanol–water partition coefficient (Wildman–Crippen LogP) is 0.481. The molecule has 2 saturated heterocycles. The number of carbonyl (C=O) groups excluding carboxylic acids is 1. The maximum atomic E-state index is 12.7. The van der Waals surface area contributed by atoms with Gasteiger partial charge < -0.3 is 15.5 Å².